The van der Waals surface area contributed by atoms with Gasteiger partial charge in [0.2, 0.25) is 16.0 Å². The Labute approximate surface area is 156 Å². The minimum atomic E-state index is -0.00136. The van der Waals surface area contributed by atoms with Crippen molar-refractivity contribution >= 4 is 33.0 Å². The van der Waals surface area contributed by atoms with Crippen LogP contribution >= 0.6 is 11.3 Å². The number of nitrogens with zero attached hydrogens (tertiary/aromatic N) is 4. The van der Waals surface area contributed by atoms with Crippen LogP contribution in [0.5, 0.6) is 0 Å². The number of carbonyl (C=O) groups excluding carboxylic acids is 1. The number of fused-ring (bicyclic) bond motifs is 2. The van der Waals surface area contributed by atoms with Crippen molar-refractivity contribution in [3.05, 3.63) is 41.7 Å². The van der Waals surface area contributed by atoms with Crippen LogP contribution in [0.1, 0.15) is 38.4 Å². The molecule has 7 heteroatoms. The molecule has 0 spiro atoms. The van der Waals surface area contributed by atoms with Crippen LogP contribution in [0.3, 0.4) is 0 Å². The third-order valence-electron chi connectivity index (χ3n) is 4.61. The minimum absolute atomic E-state index is 0.00136. The Bertz CT molecular complexity index is 921. The molecule has 1 aromatic carbocycles. The average Bonchev–Trinajstić information content (AvgIpc) is 3.17. The van der Waals surface area contributed by atoms with Crippen LogP contribution in [0, 0.1) is 0 Å². The first-order valence-electron chi connectivity index (χ1n) is 8.91. The zero-order valence-corrected chi connectivity index (χ0v) is 16.1. The fourth-order valence-corrected chi connectivity index (χ4v) is 3.95. The highest BCUT2D eigenvalue weighted by atomic mass is 32.1. The van der Waals surface area contributed by atoms with Crippen LogP contribution in [0.25, 0.3) is 4.96 Å². The van der Waals surface area contributed by atoms with Crippen molar-refractivity contribution in [2.24, 2.45) is 0 Å². The predicted octanol–water partition coefficient (Wildman–Crippen LogP) is 3.48. The van der Waals surface area contributed by atoms with E-state index in [1.165, 1.54) is 16.9 Å². The average molecular weight is 369 g/mol. The van der Waals surface area contributed by atoms with Crippen LogP contribution in [-0.2, 0) is 16.6 Å². The van der Waals surface area contributed by atoms with Crippen LogP contribution in [0.4, 0.5) is 10.8 Å². The summed E-state index contributed by atoms with van der Waals surface area (Å²) in [5.74, 6) is 0.0698. The fourth-order valence-electron chi connectivity index (χ4n) is 3.17. The Balaban J connectivity index is 1.45. The van der Waals surface area contributed by atoms with Gasteiger partial charge in [-0.05, 0) is 24.5 Å². The van der Waals surface area contributed by atoms with Crippen molar-refractivity contribution in [3.8, 4) is 0 Å². The Morgan fingerprint density at radius 3 is 2.88 bits per heavy atom. The van der Waals surface area contributed by atoms with E-state index in [9.17, 15) is 4.79 Å². The second-order valence-electron chi connectivity index (χ2n) is 7.64. The van der Waals surface area contributed by atoms with Gasteiger partial charge in [0.1, 0.15) is 0 Å². The Morgan fingerprint density at radius 1 is 1.31 bits per heavy atom. The van der Waals surface area contributed by atoms with Crippen LogP contribution in [0.2, 0.25) is 0 Å². The minimum Gasteiger partial charge on any atom is -0.351 e. The maximum Gasteiger partial charge on any atom is 0.246 e. The fraction of sp³-hybridized carbons (Fsp3) is 0.421. The molecule has 0 unspecified atom stereocenters. The number of amides is 1. The van der Waals surface area contributed by atoms with Gasteiger partial charge in [0.15, 0.2) is 0 Å². The second-order valence-corrected chi connectivity index (χ2v) is 8.60. The number of rotatable bonds is 3. The first-order chi connectivity index (χ1) is 12.4. The first kappa shape index (κ1) is 17.0. The van der Waals surface area contributed by atoms with Crippen LogP contribution in [0.15, 0.2) is 30.5 Å². The number of anilines is 2. The smallest absolute Gasteiger partial charge is 0.246 e. The number of carbonyl (C=O) groups is 1. The molecule has 0 fully saturated rings. The van der Waals surface area contributed by atoms with E-state index in [2.05, 4.69) is 42.2 Å². The standard InChI is InChI=1S/C19H23N5OS/c1-19(2,3)15-12-24-18(21-15)26-17(22-24)20-11-16(25)23-10-6-8-13-7-4-5-9-14(13)23/h4-5,7,9,12H,6,8,10-11H2,1-3H3,(H,20,22). The molecule has 0 atom stereocenters. The van der Waals surface area contributed by atoms with Gasteiger partial charge in [0.25, 0.3) is 0 Å². The number of aromatic nitrogens is 3. The van der Waals surface area contributed by atoms with Gasteiger partial charge in [-0.2, -0.15) is 0 Å². The lowest BCUT2D eigenvalue weighted by atomic mass is 9.93. The van der Waals surface area contributed by atoms with E-state index in [0.717, 1.165) is 35.7 Å². The van der Waals surface area contributed by atoms with Crippen LogP contribution < -0.4 is 10.2 Å². The number of hydrogen-bond acceptors (Lipinski definition) is 5. The van der Waals surface area contributed by atoms with Gasteiger partial charge < -0.3 is 10.2 Å². The van der Waals surface area contributed by atoms with E-state index in [4.69, 9.17) is 0 Å². The highest BCUT2D eigenvalue weighted by Crippen LogP contribution is 2.28. The van der Waals surface area contributed by atoms with Gasteiger partial charge in [-0.25, -0.2) is 9.50 Å². The maximum absolute atomic E-state index is 12.7. The molecule has 0 radical (unpaired) electrons. The molecule has 3 heterocycles. The van der Waals surface area contributed by atoms with Crippen molar-refractivity contribution in [1.82, 2.24) is 14.6 Å². The van der Waals surface area contributed by atoms with E-state index in [-0.39, 0.29) is 17.9 Å². The SMILES string of the molecule is CC(C)(C)c1cn2nc(NCC(=O)N3CCCc4ccccc43)sc2n1. The van der Waals surface area contributed by atoms with Gasteiger partial charge >= 0.3 is 0 Å². The van der Waals surface area contributed by atoms with Crippen molar-refractivity contribution in [2.75, 3.05) is 23.3 Å². The van der Waals surface area contributed by atoms with E-state index < -0.39 is 0 Å². The van der Waals surface area contributed by atoms with E-state index in [1.54, 1.807) is 4.52 Å². The largest absolute Gasteiger partial charge is 0.351 e. The molecule has 1 amide bonds. The molecule has 0 saturated heterocycles. The molecule has 6 nitrogen and oxygen atoms in total. The summed E-state index contributed by atoms with van der Waals surface area (Å²) >= 11 is 1.47. The third-order valence-corrected chi connectivity index (χ3v) is 5.49. The number of para-hydroxylation sites is 1. The highest BCUT2D eigenvalue weighted by Gasteiger charge is 2.23. The summed E-state index contributed by atoms with van der Waals surface area (Å²) in [4.78, 5) is 20.0. The molecule has 136 valence electrons. The normalized spacial score (nSPS) is 14.5. The number of aryl methyl sites for hydroxylation is 1. The van der Waals surface area contributed by atoms with Crippen molar-refractivity contribution in [1.29, 1.82) is 0 Å². The van der Waals surface area contributed by atoms with Crippen molar-refractivity contribution in [3.63, 3.8) is 0 Å². The summed E-state index contributed by atoms with van der Waals surface area (Å²) < 4.78 is 1.79. The lowest BCUT2D eigenvalue weighted by Crippen LogP contribution is -2.39. The monoisotopic (exact) mass is 369 g/mol. The summed E-state index contributed by atoms with van der Waals surface area (Å²) in [6, 6.07) is 8.14. The Morgan fingerprint density at radius 2 is 2.12 bits per heavy atom. The Kier molecular flexibility index (Phi) is 4.19. The third kappa shape index (κ3) is 3.19. The van der Waals surface area contributed by atoms with Crippen molar-refractivity contribution < 1.29 is 4.79 Å². The second kappa shape index (κ2) is 6.39. The molecule has 26 heavy (non-hydrogen) atoms. The molecule has 2 aromatic heterocycles. The molecular weight excluding hydrogens is 346 g/mol. The molecule has 4 rings (SSSR count). The quantitative estimate of drug-likeness (QED) is 0.768. The van der Waals surface area contributed by atoms with E-state index in [0.29, 0.717) is 5.13 Å². The molecule has 0 saturated carbocycles. The van der Waals surface area contributed by atoms with Crippen molar-refractivity contribution in [2.45, 2.75) is 39.0 Å². The summed E-state index contributed by atoms with van der Waals surface area (Å²) in [7, 11) is 0. The predicted molar refractivity (Wildman–Crippen MR) is 105 cm³/mol. The topological polar surface area (TPSA) is 62.5 Å². The molecule has 3 aromatic rings. The Hall–Kier alpha value is -2.41. The molecular formula is C19H23N5OS. The summed E-state index contributed by atoms with van der Waals surface area (Å²) in [5.41, 5.74) is 3.30. The summed E-state index contributed by atoms with van der Waals surface area (Å²) in [5, 5.41) is 8.38. The lowest BCUT2D eigenvalue weighted by Gasteiger charge is -2.29. The van der Waals surface area contributed by atoms with E-state index >= 15 is 0 Å². The van der Waals surface area contributed by atoms with Crippen LogP contribution in [-0.4, -0.2) is 33.6 Å². The molecule has 1 aliphatic heterocycles. The number of nitrogens with one attached hydrogen (secondary N) is 1. The van der Waals surface area contributed by atoms with Gasteiger partial charge in [0.05, 0.1) is 18.4 Å². The zero-order valence-electron chi connectivity index (χ0n) is 15.3. The van der Waals surface area contributed by atoms with Gasteiger partial charge in [-0.3, -0.25) is 4.79 Å². The molecule has 1 aliphatic rings. The van der Waals surface area contributed by atoms with E-state index in [1.807, 2.05) is 29.3 Å². The zero-order chi connectivity index (χ0) is 18.3. The molecule has 0 bridgehead atoms. The molecule has 1 N–H and O–H groups in total. The highest BCUT2D eigenvalue weighted by molar-refractivity contribution is 7.20. The van der Waals surface area contributed by atoms with Gasteiger partial charge in [-0.15, -0.1) is 5.10 Å². The maximum atomic E-state index is 12.7. The molecule has 0 aliphatic carbocycles. The lowest BCUT2D eigenvalue weighted by molar-refractivity contribution is -0.117. The number of hydrogen-bond donors (Lipinski definition) is 1. The number of benzene rings is 1. The van der Waals surface area contributed by atoms with Gasteiger partial charge in [-0.1, -0.05) is 50.3 Å². The summed E-state index contributed by atoms with van der Waals surface area (Å²) in [6.07, 6.45) is 4.00. The number of imidazole rings is 1. The summed E-state index contributed by atoms with van der Waals surface area (Å²) in [6.45, 7) is 7.40. The van der Waals surface area contributed by atoms with Gasteiger partial charge in [0, 0.05) is 17.6 Å². The first-order valence-corrected chi connectivity index (χ1v) is 9.72.